The Balaban J connectivity index is 4.75. The first kappa shape index (κ1) is 16.9. The maximum absolute atomic E-state index is 12.0. The minimum absolute atomic E-state index is 0.0691. The van der Waals surface area contributed by atoms with Crippen molar-refractivity contribution in [1.29, 1.82) is 5.26 Å². The third-order valence-electron chi connectivity index (χ3n) is 2.56. The quantitative estimate of drug-likeness (QED) is 0.745. The van der Waals surface area contributed by atoms with E-state index >= 15 is 0 Å². The van der Waals surface area contributed by atoms with E-state index in [2.05, 4.69) is 0 Å². The van der Waals surface area contributed by atoms with Gasteiger partial charge in [0.1, 0.15) is 0 Å². The summed E-state index contributed by atoms with van der Waals surface area (Å²) in [5.74, 6) is -1.96. The molecule has 0 rings (SSSR count). The molecule has 18 heavy (non-hydrogen) atoms. The van der Waals surface area contributed by atoms with Crippen molar-refractivity contribution in [2.75, 3.05) is 19.3 Å². The Morgan fingerprint density at radius 3 is 2.39 bits per heavy atom. The van der Waals surface area contributed by atoms with E-state index in [1.165, 1.54) is 14.0 Å². The van der Waals surface area contributed by atoms with E-state index in [1.807, 2.05) is 6.07 Å². The van der Waals surface area contributed by atoms with Crippen LogP contribution in [0.5, 0.6) is 0 Å². The first-order chi connectivity index (χ1) is 8.02. The van der Waals surface area contributed by atoms with E-state index in [0.717, 1.165) is 4.31 Å². The van der Waals surface area contributed by atoms with Crippen LogP contribution in [0.25, 0.3) is 0 Å². The summed E-state index contributed by atoms with van der Waals surface area (Å²) in [5.41, 5.74) is -0.645. The summed E-state index contributed by atoms with van der Waals surface area (Å²) < 4.78 is 25.1. The Morgan fingerprint density at radius 2 is 2.00 bits per heavy atom. The molecule has 0 amide bonds. The Morgan fingerprint density at radius 1 is 1.50 bits per heavy atom. The normalized spacial score (nSPS) is 14.2. The molecule has 1 unspecified atom stereocenters. The SMILES string of the molecule is CC(CN(C)S(=O)(=O)CC(C)(C)CC#N)C(=O)O. The van der Waals surface area contributed by atoms with Gasteiger partial charge in [0.25, 0.3) is 0 Å². The lowest BCUT2D eigenvalue weighted by Gasteiger charge is -2.26. The van der Waals surface area contributed by atoms with Gasteiger partial charge in [-0.3, -0.25) is 4.79 Å². The molecular weight excluding hydrogens is 256 g/mol. The zero-order chi connectivity index (χ0) is 14.6. The molecule has 0 radical (unpaired) electrons. The summed E-state index contributed by atoms with van der Waals surface area (Å²) >= 11 is 0. The van der Waals surface area contributed by atoms with Crippen molar-refractivity contribution in [3.05, 3.63) is 0 Å². The second-order valence-electron chi connectivity index (χ2n) is 5.28. The Kier molecular flexibility index (Phi) is 5.77. The number of nitriles is 1. The third kappa shape index (κ3) is 5.47. The molecule has 1 N–H and O–H groups in total. The predicted molar refractivity (Wildman–Crippen MR) is 67.2 cm³/mol. The van der Waals surface area contributed by atoms with Gasteiger partial charge in [0.05, 0.1) is 17.7 Å². The fourth-order valence-electron chi connectivity index (χ4n) is 1.45. The predicted octanol–water partition coefficient (Wildman–Crippen LogP) is 0.909. The summed E-state index contributed by atoms with van der Waals surface area (Å²) in [5, 5.41) is 17.4. The van der Waals surface area contributed by atoms with E-state index in [9.17, 15) is 13.2 Å². The van der Waals surface area contributed by atoms with Gasteiger partial charge in [-0.15, -0.1) is 0 Å². The Bertz CT molecular complexity index is 436. The van der Waals surface area contributed by atoms with E-state index in [0.29, 0.717) is 0 Å². The average molecular weight is 276 g/mol. The number of sulfonamides is 1. The number of carboxylic acids is 1. The topological polar surface area (TPSA) is 98.5 Å². The zero-order valence-electron chi connectivity index (χ0n) is 11.2. The van der Waals surface area contributed by atoms with Crippen LogP contribution in [0.2, 0.25) is 0 Å². The van der Waals surface area contributed by atoms with Crippen LogP contribution in [-0.4, -0.2) is 43.1 Å². The molecule has 1 atom stereocenters. The summed E-state index contributed by atoms with van der Waals surface area (Å²) in [7, 11) is -2.19. The van der Waals surface area contributed by atoms with E-state index < -0.39 is 27.3 Å². The second kappa shape index (κ2) is 6.16. The first-order valence-electron chi connectivity index (χ1n) is 5.55. The molecular formula is C11H20N2O4S. The first-order valence-corrected chi connectivity index (χ1v) is 7.16. The molecule has 0 saturated carbocycles. The molecule has 0 bridgehead atoms. The molecule has 0 heterocycles. The van der Waals surface area contributed by atoms with Crippen molar-refractivity contribution in [3.63, 3.8) is 0 Å². The fraction of sp³-hybridized carbons (Fsp3) is 0.818. The summed E-state index contributed by atoms with van der Waals surface area (Å²) in [4.78, 5) is 10.7. The van der Waals surface area contributed by atoms with Crippen molar-refractivity contribution < 1.29 is 18.3 Å². The molecule has 6 nitrogen and oxygen atoms in total. The van der Waals surface area contributed by atoms with Crippen LogP contribution < -0.4 is 0 Å². The van der Waals surface area contributed by atoms with Gasteiger partial charge in [0, 0.05) is 20.0 Å². The highest BCUT2D eigenvalue weighted by Gasteiger charge is 2.30. The molecule has 0 aromatic rings. The van der Waals surface area contributed by atoms with Gasteiger partial charge in [-0.05, 0) is 5.41 Å². The summed E-state index contributed by atoms with van der Waals surface area (Å²) in [6.45, 7) is 4.78. The summed E-state index contributed by atoms with van der Waals surface area (Å²) in [6.07, 6.45) is 0.133. The number of aliphatic carboxylic acids is 1. The highest BCUT2D eigenvalue weighted by atomic mass is 32.2. The van der Waals surface area contributed by atoms with Crippen LogP contribution in [0, 0.1) is 22.7 Å². The van der Waals surface area contributed by atoms with Crippen molar-refractivity contribution in [2.45, 2.75) is 27.2 Å². The highest BCUT2D eigenvalue weighted by molar-refractivity contribution is 7.89. The monoisotopic (exact) mass is 276 g/mol. The minimum Gasteiger partial charge on any atom is -0.481 e. The van der Waals surface area contributed by atoms with Crippen LogP contribution in [0.1, 0.15) is 27.2 Å². The molecule has 0 aromatic carbocycles. The smallest absolute Gasteiger partial charge is 0.307 e. The minimum atomic E-state index is -3.55. The molecule has 0 aliphatic rings. The number of rotatable bonds is 7. The second-order valence-corrected chi connectivity index (χ2v) is 7.35. The van der Waals surface area contributed by atoms with Crippen LogP contribution in [0.3, 0.4) is 0 Å². The average Bonchev–Trinajstić information content (AvgIpc) is 2.14. The van der Waals surface area contributed by atoms with Crippen LogP contribution >= 0.6 is 0 Å². The van der Waals surface area contributed by atoms with Gasteiger partial charge < -0.3 is 5.11 Å². The van der Waals surface area contributed by atoms with Crippen LogP contribution in [0.4, 0.5) is 0 Å². The number of hydrogen-bond acceptors (Lipinski definition) is 4. The zero-order valence-corrected chi connectivity index (χ0v) is 12.0. The molecule has 7 heteroatoms. The van der Waals surface area contributed by atoms with Gasteiger partial charge in [0.2, 0.25) is 10.0 Å². The number of nitrogens with zero attached hydrogens (tertiary/aromatic N) is 2. The van der Waals surface area contributed by atoms with E-state index in [4.69, 9.17) is 10.4 Å². The number of carbonyl (C=O) groups is 1. The van der Waals surface area contributed by atoms with Gasteiger partial charge in [0.15, 0.2) is 0 Å². The fourth-order valence-corrected chi connectivity index (χ4v) is 3.21. The van der Waals surface area contributed by atoms with Gasteiger partial charge in [-0.25, -0.2) is 12.7 Å². The summed E-state index contributed by atoms with van der Waals surface area (Å²) in [6, 6.07) is 1.95. The molecule has 0 saturated heterocycles. The lowest BCUT2D eigenvalue weighted by Crippen LogP contribution is -2.38. The molecule has 0 aliphatic heterocycles. The van der Waals surface area contributed by atoms with Gasteiger partial charge in [-0.1, -0.05) is 20.8 Å². The Labute approximate surface area is 108 Å². The van der Waals surface area contributed by atoms with Crippen LogP contribution in [0.15, 0.2) is 0 Å². The standard InChI is InChI=1S/C11H20N2O4S/c1-9(10(14)15)7-13(4)18(16,17)8-11(2,3)5-6-12/h9H,5,7-8H2,1-4H3,(H,14,15). The van der Waals surface area contributed by atoms with E-state index in [-0.39, 0.29) is 18.7 Å². The van der Waals surface area contributed by atoms with Crippen molar-refractivity contribution in [1.82, 2.24) is 4.31 Å². The number of carboxylic acid groups (broad SMARTS) is 1. The number of hydrogen-bond donors (Lipinski definition) is 1. The molecule has 104 valence electrons. The maximum atomic E-state index is 12.0. The lowest BCUT2D eigenvalue weighted by molar-refractivity contribution is -0.141. The largest absolute Gasteiger partial charge is 0.481 e. The van der Waals surface area contributed by atoms with Crippen molar-refractivity contribution >= 4 is 16.0 Å². The molecule has 0 fully saturated rings. The van der Waals surface area contributed by atoms with E-state index in [1.54, 1.807) is 13.8 Å². The highest BCUT2D eigenvalue weighted by Crippen LogP contribution is 2.23. The van der Waals surface area contributed by atoms with Gasteiger partial charge in [-0.2, -0.15) is 5.26 Å². The Hall–Kier alpha value is -1.13. The maximum Gasteiger partial charge on any atom is 0.307 e. The van der Waals surface area contributed by atoms with Gasteiger partial charge >= 0.3 is 5.97 Å². The lowest BCUT2D eigenvalue weighted by atomic mass is 9.93. The third-order valence-corrected chi connectivity index (χ3v) is 4.80. The van der Waals surface area contributed by atoms with Crippen LogP contribution in [-0.2, 0) is 14.8 Å². The van der Waals surface area contributed by atoms with Crippen molar-refractivity contribution in [3.8, 4) is 6.07 Å². The molecule has 0 aliphatic carbocycles. The molecule has 0 spiro atoms. The molecule has 0 aromatic heterocycles. The van der Waals surface area contributed by atoms with Crippen molar-refractivity contribution in [2.24, 2.45) is 11.3 Å².